The molecule has 1 aromatic rings. The molecule has 0 saturated heterocycles. The minimum Gasteiger partial charge on any atom is -0.492 e. The van der Waals surface area contributed by atoms with Crippen LogP contribution >= 0.6 is 34.8 Å². The molecular formula is C18H27Cl3O4S. The molecule has 8 heteroatoms. The van der Waals surface area contributed by atoms with Crippen LogP contribution in [-0.4, -0.2) is 31.7 Å². The van der Waals surface area contributed by atoms with Crippen LogP contribution in [-0.2, 0) is 14.3 Å². The van der Waals surface area contributed by atoms with Gasteiger partial charge >= 0.3 is 0 Å². The summed E-state index contributed by atoms with van der Waals surface area (Å²) in [6, 6.07) is 5.84. The van der Waals surface area contributed by atoms with Crippen LogP contribution in [0.25, 0.3) is 0 Å². The molecule has 26 heavy (non-hydrogen) atoms. The average Bonchev–Trinajstić information content (AvgIpc) is 2.52. The van der Waals surface area contributed by atoms with Gasteiger partial charge in [-0.15, -0.1) is 0 Å². The fourth-order valence-corrected chi connectivity index (χ4v) is 3.73. The zero-order chi connectivity index (χ0) is 19.8. The summed E-state index contributed by atoms with van der Waals surface area (Å²) < 4.78 is 32.6. The number of rotatable bonds is 12. The molecule has 0 radical (unpaired) electrons. The Morgan fingerprint density at radius 1 is 1.12 bits per heavy atom. The van der Waals surface area contributed by atoms with E-state index in [9.17, 15) is 8.42 Å². The van der Waals surface area contributed by atoms with Crippen molar-refractivity contribution in [2.24, 2.45) is 0 Å². The van der Waals surface area contributed by atoms with Crippen LogP contribution in [0.3, 0.4) is 0 Å². The maximum absolute atomic E-state index is 11.7. The van der Waals surface area contributed by atoms with Gasteiger partial charge in [-0.25, -0.2) is 0 Å². The van der Waals surface area contributed by atoms with Crippen LogP contribution in [0.2, 0.25) is 5.02 Å². The third kappa shape index (κ3) is 10.2. The van der Waals surface area contributed by atoms with Crippen LogP contribution in [0.4, 0.5) is 0 Å². The van der Waals surface area contributed by atoms with Crippen molar-refractivity contribution in [2.45, 2.75) is 56.7 Å². The van der Waals surface area contributed by atoms with E-state index >= 15 is 0 Å². The van der Waals surface area contributed by atoms with Gasteiger partial charge in [-0.2, -0.15) is 8.42 Å². The molecule has 0 amide bonds. The fraction of sp³-hybridized carbons (Fsp3) is 0.667. The summed E-state index contributed by atoms with van der Waals surface area (Å²) in [7, 11) is -3.58. The van der Waals surface area contributed by atoms with E-state index in [0.717, 1.165) is 19.3 Å². The van der Waals surface area contributed by atoms with Gasteiger partial charge < -0.3 is 4.74 Å². The van der Waals surface area contributed by atoms with Crippen molar-refractivity contribution in [1.29, 1.82) is 0 Å². The quantitative estimate of drug-likeness (QED) is 0.227. The van der Waals surface area contributed by atoms with E-state index < -0.39 is 14.5 Å². The van der Waals surface area contributed by atoms with Crippen molar-refractivity contribution in [3.05, 3.63) is 28.8 Å². The minimum absolute atomic E-state index is 0.0415. The van der Waals surface area contributed by atoms with E-state index in [-0.39, 0.29) is 12.4 Å². The summed E-state index contributed by atoms with van der Waals surface area (Å²) >= 11 is 17.6. The van der Waals surface area contributed by atoms with Crippen molar-refractivity contribution in [1.82, 2.24) is 0 Å². The van der Waals surface area contributed by atoms with Gasteiger partial charge in [-0.3, -0.25) is 4.18 Å². The predicted octanol–water partition coefficient (Wildman–Crippen LogP) is 5.94. The van der Waals surface area contributed by atoms with Gasteiger partial charge in [0.15, 0.2) is 0 Å². The number of benzene rings is 1. The van der Waals surface area contributed by atoms with Gasteiger partial charge in [-0.1, -0.05) is 67.6 Å². The molecular weight excluding hydrogens is 419 g/mol. The molecule has 0 spiro atoms. The van der Waals surface area contributed by atoms with Crippen molar-refractivity contribution in [3.8, 4) is 5.75 Å². The summed E-state index contributed by atoms with van der Waals surface area (Å²) in [4.78, 5) is 0. The Kier molecular flexibility index (Phi) is 10.0. The van der Waals surface area contributed by atoms with Crippen LogP contribution in [0, 0.1) is 0 Å². The molecule has 0 atom stereocenters. The molecule has 0 heterocycles. The number of alkyl halides is 2. The van der Waals surface area contributed by atoms with Crippen molar-refractivity contribution in [3.63, 3.8) is 0 Å². The predicted molar refractivity (Wildman–Crippen MR) is 109 cm³/mol. The van der Waals surface area contributed by atoms with Gasteiger partial charge in [0.2, 0.25) is 0 Å². The molecule has 0 saturated carbocycles. The summed E-state index contributed by atoms with van der Waals surface area (Å²) in [5, 5.41) is 0.616. The normalized spacial score (nSPS) is 12.6. The Balaban J connectivity index is 2.20. The smallest absolute Gasteiger partial charge is 0.267 e. The Morgan fingerprint density at radius 2 is 1.77 bits per heavy atom. The van der Waals surface area contributed by atoms with Gasteiger partial charge in [0, 0.05) is 0 Å². The van der Waals surface area contributed by atoms with Crippen LogP contribution in [0.1, 0.15) is 57.9 Å². The Morgan fingerprint density at radius 3 is 2.35 bits per heavy atom. The molecule has 0 aliphatic heterocycles. The first kappa shape index (κ1) is 23.8. The second kappa shape index (κ2) is 11.0. The second-order valence-electron chi connectivity index (χ2n) is 6.70. The number of hydrogen-bond donors (Lipinski definition) is 0. The lowest BCUT2D eigenvalue weighted by molar-refractivity contribution is 0.303. The van der Waals surface area contributed by atoms with E-state index in [1.807, 2.05) is 18.2 Å². The summed E-state index contributed by atoms with van der Waals surface area (Å²) in [5.74, 6) is 1.06. The first-order chi connectivity index (χ1) is 12.0. The van der Waals surface area contributed by atoms with E-state index in [1.165, 1.54) is 12.5 Å². The number of halogens is 3. The molecule has 0 bridgehead atoms. The molecule has 0 aliphatic rings. The fourth-order valence-electron chi connectivity index (χ4n) is 2.16. The van der Waals surface area contributed by atoms with Crippen molar-refractivity contribution < 1.29 is 17.3 Å². The van der Waals surface area contributed by atoms with Crippen molar-refractivity contribution in [2.75, 3.05) is 19.0 Å². The largest absolute Gasteiger partial charge is 0.492 e. The van der Waals surface area contributed by atoms with Crippen LogP contribution in [0.15, 0.2) is 18.2 Å². The van der Waals surface area contributed by atoms with E-state index in [0.29, 0.717) is 29.7 Å². The highest BCUT2D eigenvalue weighted by atomic mass is 35.5. The van der Waals surface area contributed by atoms with Gasteiger partial charge in [0.05, 0.1) is 24.0 Å². The standard InChI is InChI=1S/C18H27Cl3O4S/c1-14(2)15-8-9-17(16(19)12-15)24-10-6-4-5-7-11-26(22,23)25-13-18(3,20)21/h8-9,12,14H,4-7,10-11,13H2,1-3H3. The third-order valence-corrected chi connectivity index (χ3v) is 5.44. The molecule has 150 valence electrons. The lowest BCUT2D eigenvalue weighted by Gasteiger charge is -2.13. The van der Waals surface area contributed by atoms with E-state index in [2.05, 4.69) is 13.8 Å². The SMILES string of the molecule is CC(C)c1ccc(OCCCCCCS(=O)(=O)OCC(C)(Cl)Cl)c(Cl)c1. The molecule has 0 N–H and O–H groups in total. The maximum atomic E-state index is 11.7. The molecule has 4 nitrogen and oxygen atoms in total. The summed E-state index contributed by atoms with van der Waals surface area (Å²) in [5.41, 5.74) is 1.18. The van der Waals surface area contributed by atoms with Crippen LogP contribution in [0.5, 0.6) is 5.75 Å². The molecule has 0 aromatic heterocycles. The van der Waals surface area contributed by atoms with Gasteiger partial charge in [0.25, 0.3) is 10.1 Å². The van der Waals surface area contributed by atoms with E-state index in [1.54, 1.807) is 0 Å². The molecule has 0 fully saturated rings. The first-order valence-corrected chi connectivity index (χ1v) is 11.4. The molecule has 0 aliphatic carbocycles. The highest BCUT2D eigenvalue weighted by Gasteiger charge is 2.21. The lowest BCUT2D eigenvalue weighted by atomic mass is 10.0. The zero-order valence-electron chi connectivity index (χ0n) is 15.4. The first-order valence-electron chi connectivity index (χ1n) is 8.67. The lowest BCUT2D eigenvalue weighted by Crippen LogP contribution is -2.21. The topological polar surface area (TPSA) is 52.6 Å². The third-order valence-electron chi connectivity index (χ3n) is 3.66. The Bertz CT molecular complexity index is 655. The van der Waals surface area contributed by atoms with Gasteiger partial charge in [0.1, 0.15) is 10.1 Å². The molecule has 1 aromatic carbocycles. The highest BCUT2D eigenvalue weighted by molar-refractivity contribution is 7.86. The second-order valence-corrected chi connectivity index (χ2v) is 10.7. The summed E-state index contributed by atoms with van der Waals surface area (Å²) in [6.45, 7) is 6.00. The molecule has 1 rings (SSSR count). The molecule has 0 unspecified atom stereocenters. The zero-order valence-corrected chi connectivity index (χ0v) is 18.5. The van der Waals surface area contributed by atoms with E-state index in [4.69, 9.17) is 43.7 Å². The highest BCUT2D eigenvalue weighted by Crippen LogP contribution is 2.28. The monoisotopic (exact) mass is 444 g/mol. The minimum atomic E-state index is -3.58. The van der Waals surface area contributed by atoms with Gasteiger partial charge in [-0.05, 0) is 43.4 Å². The maximum Gasteiger partial charge on any atom is 0.267 e. The number of hydrogen-bond acceptors (Lipinski definition) is 4. The van der Waals surface area contributed by atoms with Crippen molar-refractivity contribution >= 4 is 44.9 Å². The Hall–Kier alpha value is -0.200. The summed E-state index contributed by atoms with van der Waals surface area (Å²) in [6.07, 6.45) is 2.98. The Labute approximate surface area is 172 Å². The average molecular weight is 446 g/mol. The number of ether oxygens (including phenoxy) is 1. The number of unbranched alkanes of at least 4 members (excludes halogenated alkanes) is 3. The van der Waals surface area contributed by atoms with Crippen LogP contribution < -0.4 is 4.74 Å².